The number of carbonyl (C=O) groups excluding carboxylic acids is 1. The van der Waals surface area contributed by atoms with Crippen LogP contribution in [0.4, 0.5) is 10.1 Å². The van der Waals surface area contributed by atoms with Crippen LogP contribution in [-0.2, 0) is 0 Å². The minimum Gasteiger partial charge on any atom is -0.497 e. The number of hydrogen-bond donors (Lipinski definition) is 2. The third-order valence-corrected chi connectivity index (χ3v) is 3.18. The molecule has 1 amide bonds. The Labute approximate surface area is 120 Å². The maximum Gasteiger partial charge on any atom is 0.272 e. The fourth-order valence-corrected chi connectivity index (χ4v) is 2.14. The SMILES string of the molecule is COc1cccc(NC(=O)c2cc3c(F)cccc3[nH]2)c1. The summed E-state index contributed by atoms with van der Waals surface area (Å²) >= 11 is 0. The van der Waals surface area contributed by atoms with Gasteiger partial charge < -0.3 is 15.0 Å². The molecule has 0 aliphatic heterocycles. The zero-order chi connectivity index (χ0) is 14.8. The van der Waals surface area contributed by atoms with Crippen LogP contribution in [0.2, 0.25) is 0 Å². The van der Waals surface area contributed by atoms with Gasteiger partial charge in [-0.3, -0.25) is 4.79 Å². The molecule has 0 saturated carbocycles. The van der Waals surface area contributed by atoms with Crippen LogP contribution in [0.1, 0.15) is 10.5 Å². The molecule has 3 aromatic rings. The zero-order valence-electron chi connectivity index (χ0n) is 11.3. The topological polar surface area (TPSA) is 54.1 Å². The second kappa shape index (κ2) is 5.28. The molecule has 2 aromatic carbocycles. The van der Waals surface area contributed by atoms with Crippen molar-refractivity contribution < 1.29 is 13.9 Å². The number of aromatic amines is 1. The van der Waals surface area contributed by atoms with Gasteiger partial charge in [0.15, 0.2) is 0 Å². The molecule has 3 rings (SSSR count). The molecule has 0 atom stereocenters. The molecule has 0 aliphatic carbocycles. The van der Waals surface area contributed by atoms with Crippen molar-refractivity contribution in [1.29, 1.82) is 0 Å². The highest BCUT2D eigenvalue weighted by Gasteiger charge is 2.12. The van der Waals surface area contributed by atoms with E-state index in [1.165, 1.54) is 12.1 Å². The predicted octanol–water partition coefficient (Wildman–Crippen LogP) is 3.57. The van der Waals surface area contributed by atoms with Gasteiger partial charge in [-0.25, -0.2) is 4.39 Å². The van der Waals surface area contributed by atoms with E-state index in [-0.39, 0.29) is 11.7 Å². The Morgan fingerprint density at radius 3 is 2.76 bits per heavy atom. The number of aromatic nitrogens is 1. The number of carbonyl (C=O) groups is 1. The van der Waals surface area contributed by atoms with Crippen LogP contribution in [-0.4, -0.2) is 18.0 Å². The summed E-state index contributed by atoms with van der Waals surface area (Å²) < 4.78 is 18.7. The summed E-state index contributed by atoms with van der Waals surface area (Å²) in [7, 11) is 1.56. The van der Waals surface area contributed by atoms with Crippen LogP contribution in [0.3, 0.4) is 0 Å². The van der Waals surface area contributed by atoms with Gasteiger partial charge in [-0.1, -0.05) is 12.1 Å². The summed E-state index contributed by atoms with van der Waals surface area (Å²) in [5.74, 6) is -0.0430. The Morgan fingerprint density at radius 1 is 1.19 bits per heavy atom. The molecule has 0 fully saturated rings. The van der Waals surface area contributed by atoms with Crippen LogP contribution < -0.4 is 10.1 Å². The van der Waals surface area contributed by atoms with E-state index in [0.29, 0.717) is 28.0 Å². The number of fused-ring (bicyclic) bond motifs is 1. The molecule has 0 aliphatic rings. The van der Waals surface area contributed by atoms with E-state index >= 15 is 0 Å². The van der Waals surface area contributed by atoms with Crippen molar-refractivity contribution in [3.63, 3.8) is 0 Å². The van der Waals surface area contributed by atoms with E-state index in [1.54, 1.807) is 43.5 Å². The van der Waals surface area contributed by atoms with Gasteiger partial charge in [0.1, 0.15) is 17.3 Å². The number of benzene rings is 2. The van der Waals surface area contributed by atoms with Crippen molar-refractivity contribution in [2.45, 2.75) is 0 Å². The first kappa shape index (κ1) is 13.2. The summed E-state index contributed by atoms with van der Waals surface area (Å²) in [5.41, 5.74) is 1.50. The Hall–Kier alpha value is -2.82. The molecule has 4 nitrogen and oxygen atoms in total. The number of anilines is 1. The highest BCUT2D eigenvalue weighted by atomic mass is 19.1. The average molecular weight is 284 g/mol. The third-order valence-electron chi connectivity index (χ3n) is 3.18. The molecule has 0 radical (unpaired) electrons. The molecule has 0 spiro atoms. The summed E-state index contributed by atoms with van der Waals surface area (Å²) in [5, 5.41) is 3.14. The summed E-state index contributed by atoms with van der Waals surface area (Å²) in [6.07, 6.45) is 0. The number of halogens is 1. The van der Waals surface area contributed by atoms with E-state index < -0.39 is 0 Å². The van der Waals surface area contributed by atoms with E-state index in [0.717, 1.165) is 0 Å². The van der Waals surface area contributed by atoms with Gasteiger partial charge in [0, 0.05) is 22.7 Å². The fraction of sp³-hybridized carbons (Fsp3) is 0.0625. The molecule has 2 N–H and O–H groups in total. The molecule has 1 aromatic heterocycles. The summed E-state index contributed by atoms with van der Waals surface area (Å²) in [6.45, 7) is 0. The number of rotatable bonds is 3. The number of ether oxygens (including phenoxy) is 1. The predicted molar refractivity (Wildman–Crippen MR) is 79.2 cm³/mol. The third kappa shape index (κ3) is 2.58. The summed E-state index contributed by atoms with van der Waals surface area (Å²) in [4.78, 5) is 15.1. The minimum absolute atomic E-state index is 0.304. The number of methoxy groups -OCH3 is 1. The van der Waals surface area contributed by atoms with Crippen LogP contribution in [0, 0.1) is 5.82 Å². The summed E-state index contributed by atoms with van der Waals surface area (Å²) in [6, 6.07) is 13.2. The highest BCUT2D eigenvalue weighted by molar-refractivity contribution is 6.06. The maximum absolute atomic E-state index is 13.6. The monoisotopic (exact) mass is 284 g/mol. The number of nitrogens with one attached hydrogen (secondary N) is 2. The first-order chi connectivity index (χ1) is 10.2. The molecule has 0 unspecified atom stereocenters. The molecule has 0 bridgehead atoms. The number of H-pyrrole nitrogens is 1. The molecule has 21 heavy (non-hydrogen) atoms. The Balaban J connectivity index is 1.88. The molecule has 106 valence electrons. The average Bonchev–Trinajstić information content (AvgIpc) is 2.93. The molecular formula is C16H13FN2O2. The van der Waals surface area contributed by atoms with Crippen LogP contribution >= 0.6 is 0 Å². The molecular weight excluding hydrogens is 271 g/mol. The second-order valence-corrected chi connectivity index (χ2v) is 4.57. The van der Waals surface area contributed by atoms with E-state index in [9.17, 15) is 9.18 Å². The minimum atomic E-state index is -0.357. The number of amides is 1. The molecule has 1 heterocycles. The van der Waals surface area contributed by atoms with Gasteiger partial charge in [-0.05, 0) is 30.3 Å². The largest absolute Gasteiger partial charge is 0.497 e. The fourth-order valence-electron chi connectivity index (χ4n) is 2.14. The van der Waals surface area contributed by atoms with Crippen molar-refractivity contribution in [2.75, 3.05) is 12.4 Å². The van der Waals surface area contributed by atoms with Gasteiger partial charge >= 0.3 is 0 Å². The Kier molecular flexibility index (Phi) is 3.31. The standard InChI is InChI=1S/C16H13FN2O2/c1-21-11-5-2-4-10(8-11)18-16(20)15-9-12-13(17)6-3-7-14(12)19-15/h2-9,19H,1H3,(H,18,20). The van der Waals surface area contributed by atoms with Crippen molar-refractivity contribution in [2.24, 2.45) is 0 Å². The normalized spacial score (nSPS) is 10.6. The van der Waals surface area contributed by atoms with Crippen molar-refractivity contribution in [3.8, 4) is 5.75 Å². The van der Waals surface area contributed by atoms with Crippen molar-refractivity contribution in [3.05, 3.63) is 60.0 Å². The van der Waals surface area contributed by atoms with Crippen LogP contribution in [0.15, 0.2) is 48.5 Å². The van der Waals surface area contributed by atoms with Gasteiger partial charge in [0.25, 0.3) is 5.91 Å². The Morgan fingerprint density at radius 2 is 2.00 bits per heavy atom. The van der Waals surface area contributed by atoms with Crippen molar-refractivity contribution in [1.82, 2.24) is 4.98 Å². The first-order valence-corrected chi connectivity index (χ1v) is 6.40. The van der Waals surface area contributed by atoms with Gasteiger partial charge in [-0.15, -0.1) is 0 Å². The maximum atomic E-state index is 13.6. The lowest BCUT2D eigenvalue weighted by molar-refractivity contribution is 0.102. The Bertz CT molecular complexity index is 811. The van der Waals surface area contributed by atoms with E-state index in [2.05, 4.69) is 10.3 Å². The smallest absolute Gasteiger partial charge is 0.272 e. The van der Waals surface area contributed by atoms with Crippen molar-refractivity contribution >= 4 is 22.5 Å². The zero-order valence-corrected chi connectivity index (χ0v) is 11.3. The quantitative estimate of drug-likeness (QED) is 0.772. The molecule has 5 heteroatoms. The molecule has 0 saturated heterocycles. The lowest BCUT2D eigenvalue weighted by Gasteiger charge is -2.05. The lowest BCUT2D eigenvalue weighted by atomic mass is 10.2. The van der Waals surface area contributed by atoms with Crippen LogP contribution in [0.25, 0.3) is 10.9 Å². The van der Waals surface area contributed by atoms with Gasteiger partial charge in [-0.2, -0.15) is 0 Å². The highest BCUT2D eigenvalue weighted by Crippen LogP contribution is 2.21. The van der Waals surface area contributed by atoms with E-state index in [4.69, 9.17) is 4.74 Å². The first-order valence-electron chi connectivity index (χ1n) is 6.40. The second-order valence-electron chi connectivity index (χ2n) is 4.57. The van der Waals surface area contributed by atoms with Gasteiger partial charge in [0.2, 0.25) is 0 Å². The van der Waals surface area contributed by atoms with Crippen LogP contribution in [0.5, 0.6) is 5.75 Å². The number of hydrogen-bond acceptors (Lipinski definition) is 2. The van der Waals surface area contributed by atoms with E-state index in [1.807, 2.05) is 0 Å². The lowest BCUT2D eigenvalue weighted by Crippen LogP contribution is -2.12. The van der Waals surface area contributed by atoms with Gasteiger partial charge in [0.05, 0.1) is 7.11 Å².